The Labute approximate surface area is 199 Å². The van der Waals surface area contributed by atoms with Crippen LogP contribution in [0.5, 0.6) is 23.0 Å². The first-order valence-corrected chi connectivity index (χ1v) is 11.5. The van der Waals surface area contributed by atoms with Crippen LogP contribution in [0.25, 0.3) is 0 Å². The molecule has 9 heteroatoms. The zero-order chi connectivity index (χ0) is 24.7. The lowest BCUT2D eigenvalue weighted by molar-refractivity contribution is -0.102. The Morgan fingerprint density at radius 3 is 2.38 bits per heavy atom. The van der Waals surface area contributed by atoms with Gasteiger partial charge in [0.15, 0.2) is 17.8 Å². The number of carbonyl (C=O) groups excluding carboxylic acids is 1. The van der Waals surface area contributed by atoms with Crippen molar-refractivity contribution in [3.63, 3.8) is 0 Å². The number of aromatic hydroxyl groups is 3. The van der Waals surface area contributed by atoms with E-state index >= 15 is 0 Å². The minimum Gasteiger partial charge on any atom is -0.507 e. The molecule has 0 saturated heterocycles. The van der Waals surface area contributed by atoms with Gasteiger partial charge in [0.25, 0.3) is 0 Å². The van der Waals surface area contributed by atoms with Gasteiger partial charge in [-0.05, 0) is 29.3 Å². The molecule has 2 atom stereocenters. The van der Waals surface area contributed by atoms with Crippen molar-refractivity contribution in [2.45, 2.75) is 31.8 Å². The van der Waals surface area contributed by atoms with Crippen molar-refractivity contribution in [2.24, 2.45) is 5.73 Å². The number of hydrogen-bond donors (Lipinski definition) is 4. The summed E-state index contributed by atoms with van der Waals surface area (Å²) < 4.78 is 23.1. The highest BCUT2D eigenvalue weighted by molar-refractivity contribution is 5.85. The van der Waals surface area contributed by atoms with Crippen molar-refractivity contribution >= 4 is 6.29 Å². The zero-order valence-electron chi connectivity index (χ0n) is 19.6. The van der Waals surface area contributed by atoms with Crippen LogP contribution in [0.15, 0.2) is 24.3 Å². The standard InChI is InChI=1S/C23H27NO8.C2H6/c24-3-4-29-5-6-30-7-8-32-23-11-14-9-19(27)20(28)10-16(14)21(23)15-1-2-18(26)17(12-25)22(15)31-13-23;1-2/h1-2,9-10,12,21,26-28H,3-8,11,13,24H2;1-2H3. The van der Waals surface area contributed by atoms with Gasteiger partial charge in [-0.2, -0.15) is 0 Å². The Morgan fingerprint density at radius 2 is 1.68 bits per heavy atom. The molecule has 2 unspecified atom stereocenters. The third kappa shape index (κ3) is 4.97. The van der Waals surface area contributed by atoms with Crippen LogP contribution >= 0.6 is 0 Å². The van der Waals surface area contributed by atoms with E-state index in [-0.39, 0.29) is 41.9 Å². The molecule has 1 aliphatic carbocycles. The second-order valence-electron chi connectivity index (χ2n) is 7.90. The predicted octanol–water partition coefficient (Wildman–Crippen LogP) is 2.47. The number of rotatable bonds is 10. The monoisotopic (exact) mass is 475 g/mol. The zero-order valence-corrected chi connectivity index (χ0v) is 19.6. The minimum absolute atomic E-state index is 0.0772. The second kappa shape index (κ2) is 11.5. The van der Waals surface area contributed by atoms with Crippen LogP contribution in [-0.4, -0.2) is 73.4 Å². The molecule has 0 saturated carbocycles. The van der Waals surface area contributed by atoms with E-state index in [0.717, 1.165) is 11.1 Å². The van der Waals surface area contributed by atoms with Gasteiger partial charge >= 0.3 is 0 Å². The number of nitrogens with two attached hydrogens (primary N) is 1. The Morgan fingerprint density at radius 1 is 1.00 bits per heavy atom. The minimum atomic E-state index is -0.813. The van der Waals surface area contributed by atoms with Gasteiger partial charge in [-0.15, -0.1) is 0 Å². The summed E-state index contributed by atoms with van der Waals surface area (Å²) in [4.78, 5) is 11.6. The normalized spacial score (nSPS) is 19.8. The van der Waals surface area contributed by atoms with Crippen LogP contribution in [0.4, 0.5) is 0 Å². The Balaban J connectivity index is 0.00000158. The van der Waals surface area contributed by atoms with E-state index in [1.54, 1.807) is 6.07 Å². The first-order valence-electron chi connectivity index (χ1n) is 11.5. The molecule has 9 nitrogen and oxygen atoms in total. The van der Waals surface area contributed by atoms with Crippen molar-refractivity contribution in [3.8, 4) is 23.0 Å². The smallest absolute Gasteiger partial charge is 0.157 e. The summed E-state index contributed by atoms with van der Waals surface area (Å²) in [5, 5.41) is 30.2. The molecule has 2 aromatic carbocycles. The molecule has 1 heterocycles. The lowest BCUT2D eigenvalue weighted by atomic mass is 9.79. The summed E-state index contributed by atoms with van der Waals surface area (Å²) in [5.41, 5.74) is 6.92. The quantitative estimate of drug-likeness (QED) is 0.232. The maximum Gasteiger partial charge on any atom is 0.157 e. The average Bonchev–Trinajstić information content (AvgIpc) is 3.15. The number of aldehydes is 1. The van der Waals surface area contributed by atoms with Crippen molar-refractivity contribution < 1.29 is 39.1 Å². The Bertz CT molecular complexity index is 995. The number of phenolic OH excluding ortho intramolecular Hbond substituents is 3. The first-order chi connectivity index (χ1) is 16.5. The largest absolute Gasteiger partial charge is 0.507 e. The lowest BCUT2D eigenvalue weighted by Crippen LogP contribution is -2.47. The molecular weight excluding hydrogens is 442 g/mol. The number of carbonyl (C=O) groups is 1. The summed E-state index contributed by atoms with van der Waals surface area (Å²) in [7, 11) is 0. The third-order valence-corrected chi connectivity index (χ3v) is 5.91. The fourth-order valence-corrected chi connectivity index (χ4v) is 4.54. The second-order valence-corrected chi connectivity index (χ2v) is 7.90. The van der Waals surface area contributed by atoms with E-state index in [1.807, 2.05) is 13.8 Å². The average molecular weight is 476 g/mol. The van der Waals surface area contributed by atoms with E-state index in [0.29, 0.717) is 57.0 Å². The molecular formula is C25H33NO8. The van der Waals surface area contributed by atoms with E-state index in [2.05, 4.69) is 0 Å². The number of ether oxygens (including phenoxy) is 4. The van der Waals surface area contributed by atoms with E-state index in [4.69, 9.17) is 24.7 Å². The maximum absolute atomic E-state index is 11.6. The van der Waals surface area contributed by atoms with Crippen LogP contribution in [-0.2, 0) is 20.6 Å². The molecule has 0 fully saturated rings. The van der Waals surface area contributed by atoms with Crippen LogP contribution in [0, 0.1) is 0 Å². The molecule has 0 aromatic heterocycles. The fourth-order valence-electron chi connectivity index (χ4n) is 4.54. The van der Waals surface area contributed by atoms with Crippen molar-refractivity contribution in [1.29, 1.82) is 0 Å². The van der Waals surface area contributed by atoms with Gasteiger partial charge in [0, 0.05) is 24.4 Å². The van der Waals surface area contributed by atoms with E-state index in [9.17, 15) is 20.1 Å². The number of fused-ring (bicyclic) bond motifs is 5. The topological polar surface area (TPSA) is 141 Å². The Kier molecular flexibility index (Phi) is 8.73. The van der Waals surface area contributed by atoms with Gasteiger partial charge in [-0.25, -0.2) is 0 Å². The van der Waals surface area contributed by atoms with Gasteiger partial charge in [0.05, 0.1) is 38.6 Å². The predicted molar refractivity (Wildman–Crippen MR) is 125 cm³/mol. The third-order valence-electron chi connectivity index (χ3n) is 5.91. The molecule has 4 rings (SSSR count). The summed E-state index contributed by atoms with van der Waals surface area (Å²) in [6.45, 7) is 6.57. The molecule has 5 N–H and O–H groups in total. The molecule has 0 amide bonds. The molecule has 0 bridgehead atoms. The van der Waals surface area contributed by atoms with Crippen LogP contribution < -0.4 is 10.5 Å². The van der Waals surface area contributed by atoms with Gasteiger partial charge in [-0.3, -0.25) is 4.79 Å². The van der Waals surface area contributed by atoms with E-state index in [1.165, 1.54) is 18.2 Å². The molecule has 2 aliphatic rings. The maximum atomic E-state index is 11.6. The van der Waals surface area contributed by atoms with Crippen LogP contribution in [0.3, 0.4) is 0 Å². The SMILES string of the molecule is CC.NCCOCCOCCOC12COc3c(ccc(O)c3C=O)C1c1cc(O)c(O)cc1C2. The summed E-state index contributed by atoms with van der Waals surface area (Å²) in [6.07, 6.45) is 1.00. The van der Waals surface area contributed by atoms with Gasteiger partial charge in [0.2, 0.25) is 0 Å². The molecule has 0 radical (unpaired) electrons. The van der Waals surface area contributed by atoms with E-state index < -0.39 is 5.60 Å². The molecule has 1 aliphatic heterocycles. The van der Waals surface area contributed by atoms with Crippen LogP contribution in [0.1, 0.15) is 46.8 Å². The lowest BCUT2D eigenvalue weighted by Gasteiger charge is -2.41. The molecule has 34 heavy (non-hydrogen) atoms. The molecule has 2 aromatic rings. The highest BCUT2D eigenvalue weighted by Crippen LogP contribution is 2.55. The highest BCUT2D eigenvalue weighted by atomic mass is 16.6. The summed E-state index contributed by atoms with van der Waals surface area (Å²) >= 11 is 0. The highest BCUT2D eigenvalue weighted by Gasteiger charge is 2.53. The van der Waals surface area contributed by atoms with Crippen molar-refractivity contribution in [2.75, 3.05) is 46.2 Å². The number of benzene rings is 2. The van der Waals surface area contributed by atoms with Gasteiger partial charge < -0.3 is 40.0 Å². The van der Waals surface area contributed by atoms with Crippen LogP contribution in [0.2, 0.25) is 0 Å². The number of phenols is 3. The Hall–Kier alpha value is -2.85. The summed E-state index contributed by atoms with van der Waals surface area (Å²) in [5.74, 6) is -0.663. The van der Waals surface area contributed by atoms with Crippen molar-refractivity contribution in [3.05, 3.63) is 46.5 Å². The number of hydrogen-bond acceptors (Lipinski definition) is 9. The fraction of sp³-hybridized carbons (Fsp3) is 0.480. The molecule has 186 valence electrons. The van der Waals surface area contributed by atoms with Crippen molar-refractivity contribution in [1.82, 2.24) is 0 Å². The van der Waals surface area contributed by atoms with Gasteiger partial charge in [0.1, 0.15) is 23.7 Å². The summed E-state index contributed by atoms with van der Waals surface area (Å²) in [6, 6.07) is 6.20. The van der Waals surface area contributed by atoms with Gasteiger partial charge in [-0.1, -0.05) is 19.9 Å². The first kappa shape index (κ1) is 25.8. The molecule has 0 spiro atoms.